The number of hydrogen-bond acceptors (Lipinski definition) is 9. The molecule has 44 heavy (non-hydrogen) atoms. The van der Waals surface area contributed by atoms with Crippen LogP contribution in [-0.2, 0) is 9.84 Å². The normalized spacial score (nSPS) is 13.7. The first-order chi connectivity index (χ1) is 21.1. The number of aldehydes is 1. The van der Waals surface area contributed by atoms with Gasteiger partial charge in [0.15, 0.2) is 12.1 Å². The summed E-state index contributed by atoms with van der Waals surface area (Å²) in [6.07, 6.45) is 5.49. The predicted octanol–water partition coefficient (Wildman–Crippen LogP) is 6.22. The number of phenols is 1. The van der Waals surface area contributed by atoms with E-state index in [9.17, 15) is 18.3 Å². The van der Waals surface area contributed by atoms with E-state index in [1.165, 1.54) is 17.9 Å². The lowest BCUT2D eigenvalue weighted by atomic mass is 9.93. The van der Waals surface area contributed by atoms with Crippen LogP contribution in [0, 0.1) is 5.92 Å². The van der Waals surface area contributed by atoms with Gasteiger partial charge in [-0.3, -0.25) is 4.79 Å². The van der Waals surface area contributed by atoms with E-state index >= 15 is 0 Å². The van der Waals surface area contributed by atoms with Gasteiger partial charge in [-0.1, -0.05) is 50.2 Å². The van der Waals surface area contributed by atoms with Crippen molar-refractivity contribution in [1.29, 1.82) is 0 Å². The minimum absolute atomic E-state index is 0.0676. The van der Waals surface area contributed by atoms with Crippen LogP contribution in [-0.4, -0.2) is 59.9 Å². The van der Waals surface area contributed by atoms with Crippen molar-refractivity contribution in [2.45, 2.75) is 19.8 Å². The number of anilines is 3. The number of hydrogen-bond donors (Lipinski definition) is 2. The fourth-order valence-corrected chi connectivity index (χ4v) is 6.91. The van der Waals surface area contributed by atoms with E-state index in [1.807, 2.05) is 36.5 Å². The summed E-state index contributed by atoms with van der Waals surface area (Å²) in [5.41, 5.74) is 4.64. The first kappa shape index (κ1) is 29.3. The number of carbonyl (C=O) groups excluding carboxylic acids is 1. The molecule has 0 spiro atoms. The number of aromatic nitrogens is 3. The molecule has 2 N–H and O–H groups in total. The van der Waals surface area contributed by atoms with Crippen LogP contribution in [0.2, 0.25) is 0 Å². The zero-order valence-corrected chi connectivity index (χ0v) is 25.5. The number of sulfone groups is 1. The Labute approximate surface area is 256 Å². The highest BCUT2D eigenvalue weighted by atomic mass is 32.2. The second-order valence-corrected chi connectivity index (χ2v) is 13.8. The summed E-state index contributed by atoms with van der Waals surface area (Å²) in [6.45, 7) is 5.73. The van der Waals surface area contributed by atoms with Crippen LogP contribution < -0.4 is 10.2 Å². The third-order valence-electron chi connectivity index (χ3n) is 7.91. The zero-order chi connectivity index (χ0) is 31.0. The minimum atomic E-state index is -3.01. The Bertz CT molecular complexity index is 1990. The topological polar surface area (TPSA) is 125 Å². The Morgan fingerprint density at radius 1 is 0.977 bits per heavy atom. The summed E-state index contributed by atoms with van der Waals surface area (Å²) in [5, 5.41) is 15.6. The van der Waals surface area contributed by atoms with Gasteiger partial charge in [-0.15, -0.1) is 0 Å². The average molecular weight is 608 g/mol. The highest BCUT2D eigenvalue weighted by Gasteiger charge is 2.31. The molecule has 10 heteroatoms. The molecule has 1 fully saturated rings. The highest BCUT2D eigenvalue weighted by molar-refractivity contribution is 7.90. The smallest absolute Gasteiger partial charge is 0.161 e. The van der Waals surface area contributed by atoms with E-state index in [2.05, 4.69) is 41.2 Å². The SMILES string of the molecule is CC(C)c1ccc(N2CC(CS(C)(=O)=O)C2)c2cnc(Nc3ccnc(-c4cccc(-c5cccc(O)c5C=O)c4)n3)cc12. The average Bonchev–Trinajstić information content (AvgIpc) is 2.98. The summed E-state index contributed by atoms with van der Waals surface area (Å²) < 4.78 is 23.5. The molecule has 1 aliphatic rings. The Kier molecular flexibility index (Phi) is 7.77. The molecule has 1 aliphatic heterocycles. The number of nitrogens with zero attached hydrogens (tertiary/aromatic N) is 4. The number of phenolic OH excluding ortho intramolecular Hbond substituents is 1. The maximum absolute atomic E-state index is 11.7. The molecule has 0 radical (unpaired) electrons. The molecule has 9 nitrogen and oxygen atoms in total. The summed E-state index contributed by atoms with van der Waals surface area (Å²) in [4.78, 5) is 27.8. The van der Waals surface area contributed by atoms with Gasteiger partial charge in [0.1, 0.15) is 27.2 Å². The Balaban J connectivity index is 1.28. The molecule has 0 unspecified atom stereocenters. The van der Waals surface area contributed by atoms with Crippen LogP contribution in [0.25, 0.3) is 33.3 Å². The Morgan fingerprint density at radius 2 is 1.75 bits per heavy atom. The molecule has 5 aromatic rings. The maximum atomic E-state index is 11.7. The number of rotatable bonds is 9. The Morgan fingerprint density at radius 3 is 2.50 bits per heavy atom. The molecule has 6 rings (SSSR count). The van der Waals surface area contributed by atoms with Crippen molar-refractivity contribution in [3.8, 4) is 28.3 Å². The summed E-state index contributed by atoms with van der Waals surface area (Å²) in [6, 6.07) is 20.6. The van der Waals surface area contributed by atoms with Crippen molar-refractivity contribution < 1.29 is 18.3 Å². The van der Waals surface area contributed by atoms with Crippen LogP contribution in [0.4, 0.5) is 17.3 Å². The molecule has 224 valence electrons. The van der Waals surface area contributed by atoms with Crippen LogP contribution >= 0.6 is 0 Å². The lowest BCUT2D eigenvalue weighted by Gasteiger charge is -2.41. The molecule has 0 atom stereocenters. The number of fused-ring (bicyclic) bond motifs is 1. The number of benzene rings is 3. The van der Waals surface area contributed by atoms with Crippen LogP contribution in [0.15, 0.2) is 79.1 Å². The van der Waals surface area contributed by atoms with Gasteiger partial charge < -0.3 is 15.3 Å². The standard InChI is InChI=1S/C34H33N5O4S/c1-21(2)25-10-11-30(39-17-22(18-39)20-44(3,42)43)28-16-36-33(15-27(25)28)37-32-12-13-35-34(38-32)24-7-4-6-23(14-24)26-8-5-9-31(41)29(26)19-40/h4-16,19,21-22,41H,17-18,20H2,1-3H3,(H,35,36,37,38). The lowest BCUT2D eigenvalue weighted by Crippen LogP contribution is -2.49. The molecule has 0 bridgehead atoms. The fourth-order valence-electron chi connectivity index (χ4n) is 5.85. The molecule has 1 saturated heterocycles. The first-order valence-corrected chi connectivity index (χ1v) is 16.5. The van der Waals surface area contributed by atoms with Crippen LogP contribution in [0.3, 0.4) is 0 Å². The van der Waals surface area contributed by atoms with Crippen molar-refractivity contribution in [2.75, 3.05) is 35.3 Å². The van der Waals surface area contributed by atoms with E-state index in [-0.39, 0.29) is 23.0 Å². The monoisotopic (exact) mass is 607 g/mol. The van der Waals surface area contributed by atoms with Gasteiger partial charge in [0.25, 0.3) is 0 Å². The summed E-state index contributed by atoms with van der Waals surface area (Å²) >= 11 is 0. The van der Waals surface area contributed by atoms with E-state index in [0.29, 0.717) is 48.3 Å². The third-order valence-corrected chi connectivity index (χ3v) is 8.99. The van der Waals surface area contributed by atoms with Crippen molar-refractivity contribution in [1.82, 2.24) is 15.0 Å². The van der Waals surface area contributed by atoms with Crippen LogP contribution in [0.5, 0.6) is 5.75 Å². The number of aromatic hydroxyl groups is 1. The largest absolute Gasteiger partial charge is 0.507 e. The molecule has 3 aromatic carbocycles. The molecular formula is C34H33N5O4S. The predicted molar refractivity (Wildman–Crippen MR) is 174 cm³/mol. The van der Waals surface area contributed by atoms with Crippen molar-refractivity contribution in [3.05, 3.63) is 90.3 Å². The fraction of sp³-hybridized carbons (Fsp3) is 0.235. The van der Waals surface area contributed by atoms with Gasteiger partial charge >= 0.3 is 0 Å². The van der Waals surface area contributed by atoms with Gasteiger partial charge in [0.05, 0.1) is 11.3 Å². The van der Waals surface area contributed by atoms with Gasteiger partial charge in [-0.05, 0) is 58.3 Å². The Hall–Kier alpha value is -4.83. The van der Waals surface area contributed by atoms with Crippen molar-refractivity contribution in [2.24, 2.45) is 5.92 Å². The van der Waals surface area contributed by atoms with Crippen molar-refractivity contribution >= 4 is 44.2 Å². The molecule has 0 amide bonds. The van der Waals surface area contributed by atoms with Crippen molar-refractivity contribution in [3.63, 3.8) is 0 Å². The van der Waals surface area contributed by atoms with E-state index < -0.39 is 9.84 Å². The number of nitrogens with one attached hydrogen (secondary N) is 1. The van der Waals surface area contributed by atoms with Gasteiger partial charge in [0, 0.05) is 54.3 Å². The lowest BCUT2D eigenvalue weighted by molar-refractivity contribution is 0.112. The number of carbonyl (C=O) groups is 1. The summed E-state index contributed by atoms with van der Waals surface area (Å²) in [7, 11) is -3.01. The van der Waals surface area contributed by atoms with Gasteiger partial charge in [-0.25, -0.2) is 23.4 Å². The van der Waals surface area contributed by atoms with E-state index in [1.54, 1.807) is 24.4 Å². The van der Waals surface area contributed by atoms with Gasteiger partial charge in [-0.2, -0.15) is 0 Å². The van der Waals surface area contributed by atoms with E-state index in [0.717, 1.165) is 27.6 Å². The maximum Gasteiger partial charge on any atom is 0.161 e. The van der Waals surface area contributed by atoms with Gasteiger partial charge in [0.2, 0.25) is 0 Å². The third kappa shape index (κ3) is 5.98. The van der Waals surface area contributed by atoms with E-state index in [4.69, 9.17) is 9.97 Å². The summed E-state index contributed by atoms with van der Waals surface area (Å²) in [5.74, 6) is 2.28. The molecule has 0 aliphatic carbocycles. The minimum Gasteiger partial charge on any atom is -0.507 e. The number of pyridine rings is 1. The quantitative estimate of drug-likeness (QED) is 0.188. The molecule has 2 aromatic heterocycles. The highest BCUT2D eigenvalue weighted by Crippen LogP contribution is 2.37. The molecular weight excluding hydrogens is 574 g/mol. The zero-order valence-electron chi connectivity index (χ0n) is 24.7. The second-order valence-electron chi connectivity index (χ2n) is 11.6. The first-order valence-electron chi connectivity index (χ1n) is 14.4. The molecule has 3 heterocycles. The second kappa shape index (κ2) is 11.7. The molecule has 0 saturated carbocycles. The van der Waals surface area contributed by atoms with Crippen LogP contribution in [0.1, 0.15) is 35.7 Å².